The first-order valence-corrected chi connectivity index (χ1v) is 10.6. The lowest BCUT2D eigenvalue weighted by Crippen LogP contribution is -2.41. The average Bonchev–Trinajstić information content (AvgIpc) is 2.75. The van der Waals surface area contributed by atoms with Gasteiger partial charge in [-0.2, -0.15) is 0 Å². The summed E-state index contributed by atoms with van der Waals surface area (Å²) in [5.41, 5.74) is 1.53. The quantitative estimate of drug-likeness (QED) is 0.590. The van der Waals surface area contributed by atoms with E-state index in [1.807, 2.05) is 30.3 Å². The predicted octanol–water partition coefficient (Wildman–Crippen LogP) is 1.61. The number of aryl methyl sites for hydroxylation is 2. The van der Waals surface area contributed by atoms with Crippen LogP contribution in [0, 0.1) is 12.8 Å². The summed E-state index contributed by atoms with van der Waals surface area (Å²) in [5, 5.41) is 32.2. The maximum Gasteiger partial charge on any atom is 0.331 e. The van der Waals surface area contributed by atoms with E-state index in [1.54, 1.807) is 26.1 Å². The Balaban J connectivity index is 1.87. The van der Waals surface area contributed by atoms with Crippen LogP contribution in [0.3, 0.4) is 0 Å². The molecular formula is C24H28N2O5. The van der Waals surface area contributed by atoms with Crippen LogP contribution in [0.2, 0.25) is 0 Å². The molecule has 3 N–H and O–H groups in total. The molecule has 0 aliphatic heterocycles. The second-order valence-corrected chi connectivity index (χ2v) is 8.48. The van der Waals surface area contributed by atoms with Gasteiger partial charge in [0.05, 0.1) is 35.8 Å². The van der Waals surface area contributed by atoms with E-state index in [-0.39, 0.29) is 6.54 Å². The average molecular weight is 424 g/mol. The van der Waals surface area contributed by atoms with Crippen LogP contribution in [-0.4, -0.2) is 36.7 Å². The van der Waals surface area contributed by atoms with Crippen molar-refractivity contribution >= 4 is 10.9 Å². The number of nitrogens with zero attached hydrogens (tertiary/aromatic N) is 2. The second-order valence-electron chi connectivity index (χ2n) is 8.48. The highest BCUT2D eigenvalue weighted by atomic mass is 16.3. The number of hydrogen-bond acceptors (Lipinski definition) is 5. The van der Waals surface area contributed by atoms with Crippen molar-refractivity contribution in [3.8, 4) is 0 Å². The molecule has 1 aliphatic carbocycles. The number of aliphatic hydroxyl groups is 3. The van der Waals surface area contributed by atoms with Gasteiger partial charge >= 0.3 is 5.69 Å². The van der Waals surface area contributed by atoms with Gasteiger partial charge in [-0.05, 0) is 48.9 Å². The molecule has 0 saturated heterocycles. The zero-order chi connectivity index (χ0) is 22.3. The molecule has 1 aromatic heterocycles. The maximum absolute atomic E-state index is 13.4. The Morgan fingerprint density at radius 3 is 2.32 bits per heavy atom. The van der Waals surface area contributed by atoms with E-state index in [9.17, 15) is 24.9 Å². The first-order chi connectivity index (χ1) is 14.8. The van der Waals surface area contributed by atoms with E-state index in [2.05, 4.69) is 0 Å². The minimum Gasteiger partial charge on any atom is -0.393 e. The van der Waals surface area contributed by atoms with Crippen molar-refractivity contribution in [3.63, 3.8) is 0 Å². The van der Waals surface area contributed by atoms with Crippen LogP contribution in [0.1, 0.15) is 42.1 Å². The summed E-state index contributed by atoms with van der Waals surface area (Å²) in [6.45, 7) is 1.88. The topological polar surface area (TPSA) is 105 Å². The van der Waals surface area contributed by atoms with Gasteiger partial charge in [0.15, 0.2) is 0 Å². The smallest absolute Gasteiger partial charge is 0.331 e. The van der Waals surface area contributed by atoms with E-state index in [0.29, 0.717) is 41.3 Å². The van der Waals surface area contributed by atoms with Gasteiger partial charge in [-0.3, -0.25) is 13.9 Å². The van der Waals surface area contributed by atoms with Gasteiger partial charge in [0.2, 0.25) is 0 Å². The lowest BCUT2D eigenvalue weighted by molar-refractivity contribution is -0.0832. The van der Waals surface area contributed by atoms with Gasteiger partial charge < -0.3 is 15.3 Å². The summed E-state index contributed by atoms with van der Waals surface area (Å²) < 4.78 is 2.64. The molecule has 7 heteroatoms. The summed E-state index contributed by atoms with van der Waals surface area (Å²) in [6, 6.07) is 12.6. The molecule has 31 heavy (non-hydrogen) atoms. The van der Waals surface area contributed by atoms with Gasteiger partial charge in [-0.25, -0.2) is 4.79 Å². The number of aromatic nitrogens is 2. The summed E-state index contributed by atoms with van der Waals surface area (Å²) in [5.74, 6) is -0.719. The van der Waals surface area contributed by atoms with Crippen molar-refractivity contribution in [2.24, 2.45) is 13.0 Å². The van der Waals surface area contributed by atoms with Gasteiger partial charge in [-0.15, -0.1) is 0 Å². The highest BCUT2D eigenvalue weighted by molar-refractivity contribution is 5.83. The van der Waals surface area contributed by atoms with Crippen molar-refractivity contribution < 1.29 is 15.3 Å². The molecular weight excluding hydrogens is 396 g/mol. The molecule has 0 spiro atoms. The molecule has 0 amide bonds. The van der Waals surface area contributed by atoms with Gasteiger partial charge in [0, 0.05) is 13.0 Å². The van der Waals surface area contributed by atoms with Gasteiger partial charge in [0.1, 0.15) is 0 Å². The zero-order valence-corrected chi connectivity index (χ0v) is 17.7. The summed E-state index contributed by atoms with van der Waals surface area (Å²) >= 11 is 0. The molecule has 1 aliphatic rings. The highest BCUT2D eigenvalue weighted by Crippen LogP contribution is 2.37. The van der Waals surface area contributed by atoms with Gasteiger partial charge in [0.25, 0.3) is 5.56 Å². The maximum atomic E-state index is 13.4. The largest absolute Gasteiger partial charge is 0.393 e. The third-order valence-corrected chi connectivity index (χ3v) is 6.58. The molecule has 1 heterocycles. The Hall–Kier alpha value is -2.74. The fourth-order valence-electron chi connectivity index (χ4n) is 4.80. The van der Waals surface area contributed by atoms with Crippen LogP contribution >= 0.6 is 0 Å². The van der Waals surface area contributed by atoms with E-state index < -0.39 is 35.5 Å². The Labute approximate surface area is 179 Å². The summed E-state index contributed by atoms with van der Waals surface area (Å²) in [6.07, 6.45) is -1.01. The fraction of sp³-hybridized carbons (Fsp3) is 0.417. The van der Waals surface area contributed by atoms with Crippen molar-refractivity contribution in [3.05, 3.63) is 80.0 Å². The molecule has 0 bridgehead atoms. The predicted molar refractivity (Wildman–Crippen MR) is 118 cm³/mol. The lowest BCUT2D eigenvalue weighted by atomic mass is 9.77. The van der Waals surface area contributed by atoms with Crippen molar-refractivity contribution in [2.75, 3.05) is 0 Å². The molecule has 7 nitrogen and oxygen atoms in total. The lowest BCUT2D eigenvalue weighted by Gasteiger charge is -2.36. The van der Waals surface area contributed by atoms with Crippen molar-refractivity contribution in [1.82, 2.24) is 9.13 Å². The number of rotatable bonds is 4. The minimum absolute atomic E-state index is 0.147. The molecule has 1 saturated carbocycles. The third-order valence-electron chi connectivity index (χ3n) is 6.58. The molecule has 3 aromatic rings. The van der Waals surface area contributed by atoms with Crippen LogP contribution in [0.4, 0.5) is 0 Å². The molecule has 4 rings (SSSR count). The third kappa shape index (κ3) is 3.73. The van der Waals surface area contributed by atoms with Crippen LogP contribution in [-0.2, 0) is 13.6 Å². The van der Waals surface area contributed by atoms with Gasteiger partial charge in [-0.1, -0.05) is 36.4 Å². The number of fused-ring (bicyclic) bond motifs is 1. The minimum atomic E-state index is -1.12. The molecule has 1 fully saturated rings. The number of benzene rings is 2. The zero-order valence-electron chi connectivity index (χ0n) is 17.7. The number of hydrogen-bond donors (Lipinski definition) is 3. The van der Waals surface area contributed by atoms with Crippen LogP contribution in [0.25, 0.3) is 10.9 Å². The Kier molecular flexibility index (Phi) is 5.83. The normalized spacial score (nSPS) is 20.8. The van der Waals surface area contributed by atoms with Crippen molar-refractivity contribution in [2.45, 2.75) is 51.0 Å². The molecule has 3 atom stereocenters. The Bertz CT molecular complexity index is 1200. The first-order valence-electron chi connectivity index (χ1n) is 10.6. The van der Waals surface area contributed by atoms with E-state index >= 15 is 0 Å². The molecule has 2 aromatic carbocycles. The van der Waals surface area contributed by atoms with Crippen molar-refractivity contribution in [1.29, 1.82) is 0 Å². The van der Waals surface area contributed by atoms with Crippen LogP contribution < -0.4 is 11.2 Å². The van der Waals surface area contributed by atoms with E-state index in [4.69, 9.17) is 0 Å². The second kappa shape index (κ2) is 8.42. The first kappa shape index (κ1) is 21.5. The summed E-state index contributed by atoms with van der Waals surface area (Å²) in [7, 11) is 1.62. The Morgan fingerprint density at radius 1 is 1.03 bits per heavy atom. The summed E-state index contributed by atoms with van der Waals surface area (Å²) in [4.78, 5) is 26.3. The van der Waals surface area contributed by atoms with Crippen LogP contribution in [0.15, 0.2) is 52.1 Å². The standard InChI is InChI=1S/C24H28N2O5/c1-14-16(22(29)21-18(27)9-6-10-19(21)28)11-12-17-20(14)23(30)26(24(31)25(17)2)13-15-7-4-3-5-8-15/h3-5,7-8,11-12,18-19,21-22,27-29H,6,9-10,13H2,1-2H3/t18-,19-,22+/m1/s1. The van der Waals surface area contributed by atoms with E-state index in [1.165, 1.54) is 9.13 Å². The fourth-order valence-corrected chi connectivity index (χ4v) is 4.80. The van der Waals surface area contributed by atoms with E-state index in [0.717, 1.165) is 5.56 Å². The SMILES string of the molecule is Cc1c([C@H](O)C2[C@H](O)CCC[C@H]2O)ccc2c1c(=O)n(Cc1ccccc1)c(=O)n2C. The molecule has 164 valence electrons. The number of aliphatic hydroxyl groups excluding tert-OH is 3. The highest BCUT2D eigenvalue weighted by Gasteiger charge is 2.37. The molecule has 0 unspecified atom stereocenters. The van der Waals surface area contributed by atoms with Crippen LogP contribution in [0.5, 0.6) is 0 Å². The molecule has 0 radical (unpaired) electrons. The Morgan fingerprint density at radius 2 is 1.68 bits per heavy atom. The monoisotopic (exact) mass is 424 g/mol.